The molecule has 0 aliphatic carbocycles. The summed E-state index contributed by atoms with van der Waals surface area (Å²) in [5.74, 6) is 0. The Labute approximate surface area is 178 Å². The number of pyridine rings is 2. The van der Waals surface area contributed by atoms with Crippen molar-refractivity contribution in [3.8, 4) is 0 Å². The van der Waals surface area contributed by atoms with Crippen LogP contribution in [0.15, 0.2) is 66.9 Å². The van der Waals surface area contributed by atoms with Crippen LogP contribution in [0, 0.1) is 20.8 Å². The molecule has 4 rings (SSSR count). The molecule has 2 nitrogen and oxygen atoms in total. The third kappa shape index (κ3) is 8.87. The third-order valence-corrected chi connectivity index (χ3v) is 3.71. The monoisotopic (exact) mass is 390 g/mol. The van der Waals surface area contributed by atoms with Crippen LogP contribution in [0.1, 0.15) is 58.4 Å². The summed E-state index contributed by atoms with van der Waals surface area (Å²) in [7, 11) is 0. The Balaban J connectivity index is 0.000000432. The SMILES string of the molecule is CC.CC.CC.Cc1ccc2nc(C)ccc2c1.Cc1cnc2ccccc2c1. The summed E-state index contributed by atoms with van der Waals surface area (Å²) >= 11 is 0. The standard InChI is InChI=1S/C11H11N.C10H9N.3C2H6/c1-8-3-6-11-10(7-8)5-4-9(2)12-11;1-8-6-9-4-2-3-5-10(9)11-7-8;3*1-2/h3-7H,1-2H3;2-7H,1H3;3*1-2H3. The lowest BCUT2D eigenvalue weighted by atomic mass is 10.1. The van der Waals surface area contributed by atoms with Crippen LogP contribution >= 0.6 is 0 Å². The fraction of sp³-hybridized carbons (Fsp3) is 0.333. The molecule has 0 spiro atoms. The molecule has 0 amide bonds. The number of benzene rings is 2. The Morgan fingerprint density at radius 1 is 0.552 bits per heavy atom. The molecule has 2 aromatic heterocycles. The van der Waals surface area contributed by atoms with Crippen LogP contribution in [-0.2, 0) is 0 Å². The number of hydrogen-bond donors (Lipinski definition) is 0. The first kappa shape index (κ1) is 26.3. The maximum atomic E-state index is 4.42. The Bertz CT molecular complexity index is 917. The zero-order valence-electron chi connectivity index (χ0n) is 19.7. The Kier molecular flexibility index (Phi) is 13.8. The van der Waals surface area contributed by atoms with Gasteiger partial charge in [-0.25, -0.2) is 0 Å². The van der Waals surface area contributed by atoms with E-state index in [0.29, 0.717) is 0 Å². The number of rotatable bonds is 0. The van der Waals surface area contributed by atoms with Gasteiger partial charge in [0, 0.05) is 22.7 Å². The van der Waals surface area contributed by atoms with E-state index in [0.717, 1.165) is 16.7 Å². The van der Waals surface area contributed by atoms with Crippen molar-refractivity contribution in [1.29, 1.82) is 0 Å². The lowest BCUT2D eigenvalue weighted by Gasteiger charge is -1.99. The maximum absolute atomic E-state index is 4.42. The number of hydrogen-bond acceptors (Lipinski definition) is 2. The molecule has 0 saturated carbocycles. The summed E-state index contributed by atoms with van der Waals surface area (Å²) in [6.45, 7) is 18.2. The molecule has 2 heterocycles. The van der Waals surface area contributed by atoms with E-state index in [2.05, 4.69) is 60.2 Å². The maximum Gasteiger partial charge on any atom is 0.0705 e. The largest absolute Gasteiger partial charge is 0.256 e. The van der Waals surface area contributed by atoms with Crippen LogP contribution in [0.5, 0.6) is 0 Å². The van der Waals surface area contributed by atoms with Crippen molar-refractivity contribution in [2.75, 3.05) is 0 Å². The Morgan fingerprint density at radius 3 is 1.83 bits per heavy atom. The van der Waals surface area contributed by atoms with Gasteiger partial charge in [-0.3, -0.25) is 9.97 Å². The molecular weight excluding hydrogens is 352 g/mol. The van der Waals surface area contributed by atoms with Gasteiger partial charge in [-0.05, 0) is 56.7 Å². The van der Waals surface area contributed by atoms with Gasteiger partial charge in [-0.2, -0.15) is 0 Å². The molecule has 156 valence electrons. The summed E-state index contributed by atoms with van der Waals surface area (Å²) in [6.07, 6.45) is 1.89. The van der Waals surface area contributed by atoms with Crippen LogP contribution in [0.2, 0.25) is 0 Å². The normalized spacial score (nSPS) is 8.86. The van der Waals surface area contributed by atoms with Gasteiger partial charge in [-0.15, -0.1) is 0 Å². The minimum absolute atomic E-state index is 1.07. The smallest absolute Gasteiger partial charge is 0.0705 e. The highest BCUT2D eigenvalue weighted by Gasteiger charge is 1.94. The highest BCUT2D eigenvalue weighted by Crippen LogP contribution is 2.13. The number of para-hydroxylation sites is 1. The van der Waals surface area contributed by atoms with E-state index in [9.17, 15) is 0 Å². The minimum Gasteiger partial charge on any atom is -0.256 e. The van der Waals surface area contributed by atoms with Gasteiger partial charge in [-0.1, -0.05) is 77.4 Å². The zero-order valence-corrected chi connectivity index (χ0v) is 19.7. The lowest BCUT2D eigenvalue weighted by Crippen LogP contribution is -1.82. The van der Waals surface area contributed by atoms with Crippen molar-refractivity contribution < 1.29 is 0 Å². The molecule has 0 fully saturated rings. The quantitative estimate of drug-likeness (QED) is 0.301. The van der Waals surface area contributed by atoms with Gasteiger partial charge in [0.2, 0.25) is 0 Å². The van der Waals surface area contributed by atoms with Gasteiger partial charge in [0.1, 0.15) is 0 Å². The molecule has 29 heavy (non-hydrogen) atoms. The number of nitrogens with zero attached hydrogens (tertiary/aromatic N) is 2. The van der Waals surface area contributed by atoms with Gasteiger partial charge < -0.3 is 0 Å². The predicted molar refractivity (Wildman–Crippen MR) is 132 cm³/mol. The summed E-state index contributed by atoms with van der Waals surface area (Å²) < 4.78 is 0. The fourth-order valence-electron chi connectivity index (χ4n) is 2.53. The van der Waals surface area contributed by atoms with Gasteiger partial charge in [0.05, 0.1) is 11.0 Å². The lowest BCUT2D eigenvalue weighted by molar-refractivity contribution is 1.25. The van der Waals surface area contributed by atoms with E-state index in [1.807, 2.05) is 78.9 Å². The van der Waals surface area contributed by atoms with E-state index in [1.165, 1.54) is 21.9 Å². The first-order valence-corrected chi connectivity index (χ1v) is 10.8. The predicted octanol–water partition coefficient (Wildman–Crippen LogP) is 8.47. The molecule has 0 bridgehead atoms. The minimum atomic E-state index is 1.07. The second-order valence-corrected chi connectivity index (χ2v) is 5.85. The van der Waals surface area contributed by atoms with E-state index < -0.39 is 0 Å². The topological polar surface area (TPSA) is 25.8 Å². The van der Waals surface area contributed by atoms with Crippen molar-refractivity contribution in [2.24, 2.45) is 0 Å². The summed E-state index contributed by atoms with van der Waals surface area (Å²) in [6, 6.07) is 20.8. The van der Waals surface area contributed by atoms with Crippen LogP contribution < -0.4 is 0 Å². The summed E-state index contributed by atoms with van der Waals surface area (Å²) in [5, 5.41) is 2.44. The highest BCUT2D eigenvalue weighted by atomic mass is 14.7. The van der Waals surface area contributed by atoms with E-state index >= 15 is 0 Å². The summed E-state index contributed by atoms with van der Waals surface area (Å²) in [4.78, 5) is 8.70. The zero-order chi connectivity index (χ0) is 22.2. The molecule has 2 aromatic carbocycles. The third-order valence-electron chi connectivity index (χ3n) is 3.71. The molecule has 0 N–H and O–H groups in total. The molecule has 0 aliphatic rings. The Hall–Kier alpha value is -2.74. The molecule has 4 aromatic rings. The second kappa shape index (κ2) is 15.2. The molecular formula is C27H38N2. The second-order valence-electron chi connectivity index (χ2n) is 5.85. The molecule has 2 heteroatoms. The van der Waals surface area contributed by atoms with Crippen molar-refractivity contribution in [3.05, 3.63) is 83.7 Å². The first-order chi connectivity index (χ1) is 14.1. The van der Waals surface area contributed by atoms with Crippen molar-refractivity contribution in [3.63, 3.8) is 0 Å². The molecule has 0 unspecified atom stereocenters. The molecule has 0 aliphatic heterocycles. The average Bonchev–Trinajstić information content (AvgIpc) is 2.78. The van der Waals surface area contributed by atoms with Crippen LogP contribution in [0.25, 0.3) is 21.8 Å². The van der Waals surface area contributed by atoms with Crippen molar-refractivity contribution >= 4 is 21.8 Å². The van der Waals surface area contributed by atoms with Gasteiger partial charge in [0.15, 0.2) is 0 Å². The van der Waals surface area contributed by atoms with Crippen LogP contribution in [0.3, 0.4) is 0 Å². The fourth-order valence-corrected chi connectivity index (χ4v) is 2.53. The highest BCUT2D eigenvalue weighted by molar-refractivity contribution is 5.79. The first-order valence-electron chi connectivity index (χ1n) is 10.8. The average molecular weight is 391 g/mol. The van der Waals surface area contributed by atoms with Crippen molar-refractivity contribution in [2.45, 2.75) is 62.3 Å². The summed E-state index contributed by atoms with van der Waals surface area (Å²) in [5.41, 5.74) is 5.72. The van der Waals surface area contributed by atoms with Crippen LogP contribution in [0.4, 0.5) is 0 Å². The number of fused-ring (bicyclic) bond motifs is 2. The van der Waals surface area contributed by atoms with E-state index in [1.54, 1.807) is 0 Å². The van der Waals surface area contributed by atoms with E-state index in [-0.39, 0.29) is 0 Å². The Morgan fingerprint density at radius 2 is 1.14 bits per heavy atom. The van der Waals surface area contributed by atoms with Crippen molar-refractivity contribution in [1.82, 2.24) is 9.97 Å². The van der Waals surface area contributed by atoms with Crippen LogP contribution in [-0.4, -0.2) is 9.97 Å². The molecule has 0 atom stereocenters. The number of aryl methyl sites for hydroxylation is 3. The van der Waals surface area contributed by atoms with E-state index in [4.69, 9.17) is 0 Å². The van der Waals surface area contributed by atoms with Gasteiger partial charge >= 0.3 is 0 Å². The number of aromatic nitrogens is 2. The molecule has 0 radical (unpaired) electrons. The van der Waals surface area contributed by atoms with Gasteiger partial charge in [0.25, 0.3) is 0 Å². The molecule has 0 saturated heterocycles.